The lowest BCUT2D eigenvalue weighted by Crippen LogP contribution is -1.82. The van der Waals surface area contributed by atoms with Crippen molar-refractivity contribution in [3.8, 4) is 0 Å². The molecule has 0 saturated heterocycles. The number of hydrogen-bond acceptors (Lipinski definition) is 0. The molecule has 0 aromatic rings. The van der Waals surface area contributed by atoms with Gasteiger partial charge in [0.05, 0.1) is 0 Å². The van der Waals surface area contributed by atoms with Crippen LogP contribution in [0.25, 0.3) is 0 Å². The quantitative estimate of drug-likeness (QED) is 0.396. The van der Waals surface area contributed by atoms with Gasteiger partial charge < -0.3 is 0 Å². The molecule has 0 aromatic carbocycles. The van der Waals surface area contributed by atoms with Crippen LogP contribution in [0.5, 0.6) is 0 Å². The predicted octanol–water partition coefficient (Wildman–Crippen LogP) is 8.93. The fourth-order valence-electron chi connectivity index (χ4n) is 2.99. The molecule has 0 fully saturated rings. The molecular weight excluding hydrogens is 336 g/mol. The lowest BCUT2D eigenvalue weighted by atomic mass is 10.0. The van der Waals surface area contributed by atoms with E-state index in [4.69, 9.17) is 0 Å². The standard InChI is InChI=1S/C28H39/c1-2-4-6-8-10-12-14-16-18-20-22-24-26-28-27-25-23-21-19-17-15-13-11-9-7-5-3-1/h1-15H,16,18-28H2/b2-1-,5-3-,6-4-,9-7-,10-8?,13-11-,14-12?,17-15?. The maximum absolute atomic E-state index is 3.36. The van der Waals surface area contributed by atoms with Gasteiger partial charge >= 0.3 is 0 Å². The highest BCUT2D eigenvalue weighted by molar-refractivity contribution is 5.21. The summed E-state index contributed by atoms with van der Waals surface area (Å²) in [6, 6.07) is 0. The maximum Gasteiger partial charge on any atom is -0.0276 e. The van der Waals surface area contributed by atoms with Gasteiger partial charge in [-0.25, -0.2) is 0 Å². The van der Waals surface area contributed by atoms with Gasteiger partial charge in [0.25, 0.3) is 0 Å². The van der Waals surface area contributed by atoms with Crippen LogP contribution in [-0.2, 0) is 0 Å². The van der Waals surface area contributed by atoms with Crippen LogP contribution in [0.3, 0.4) is 0 Å². The first-order valence-corrected chi connectivity index (χ1v) is 11.2. The van der Waals surface area contributed by atoms with Crippen LogP contribution in [0.1, 0.15) is 77.0 Å². The van der Waals surface area contributed by atoms with E-state index in [9.17, 15) is 0 Å². The summed E-state index contributed by atoms with van der Waals surface area (Å²) in [6.07, 6.45) is 50.5. The maximum atomic E-state index is 3.36. The molecule has 0 heteroatoms. The summed E-state index contributed by atoms with van der Waals surface area (Å²) in [4.78, 5) is 0. The third-order valence-electron chi connectivity index (χ3n) is 4.63. The molecule has 0 atom stereocenters. The van der Waals surface area contributed by atoms with Gasteiger partial charge in [-0.2, -0.15) is 0 Å². The van der Waals surface area contributed by atoms with Crippen molar-refractivity contribution in [3.05, 3.63) is 97.2 Å². The van der Waals surface area contributed by atoms with E-state index in [1.54, 1.807) is 0 Å². The van der Waals surface area contributed by atoms with Crippen LogP contribution < -0.4 is 0 Å². The van der Waals surface area contributed by atoms with Crippen LogP contribution in [0, 0.1) is 6.08 Å². The minimum Gasteiger partial charge on any atom is -0.0845 e. The molecule has 0 amide bonds. The second-order valence-corrected chi connectivity index (χ2v) is 7.18. The molecule has 1 aliphatic rings. The summed E-state index contributed by atoms with van der Waals surface area (Å²) >= 11 is 0. The second kappa shape index (κ2) is 21.2. The molecule has 1 radical (unpaired) electrons. The minimum absolute atomic E-state index is 1.08. The summed E-state index contributed by atoms with van der Waals surface area (Å²) < 4.78 is 0. The molecule has 1 rings (SSSR count). The summed E-state index contributed by atoms with van der Waals surface area (Å²) in [5.41, 5.74) is 0. The first-order chi connectivity index (χ1) is 14.0. The zero-order valence-corrected chi connectivity index (χ0v) is 17.6. The van der Waals surface area contributed by atoms with Gasteiger partial charge in [0, 0.05) is 0 Å². The number of allylic oxidation sites excluding steroid dienone is 16. The van der Waals surface area contributed by atoms with Gasteiger partial charge in [0.15, 0.2) is 0 Å². The van der Waals surface area contributed by atoms with Crippen molar-refractivity contribution in [2.24, 2.45) is 0 Å². The molecule has 0 spiro atoms. The normalized spacial score (nSPS) is 25.1. The number of hydrogen-bond donors (Lipinski definition) is 0. The molecule has 151 valence electrons. The summed E-state index contributed by atoms with van der Waals surface area (Å²) in [5.74, 6) is 0. The molecule has 0 aliphatic heterocycles. The molecule has 0 unspecified atom stereocenters. The Morgan fingerprint density at radius 3 is 1.29 bits per heavy atom. The van der Waals surface area contributed by atoms with E-state index in [2.05, 4.69) is 42.5 Å². The van der Waals surface area contributed by atoms with Crippen molar-refractivity contribution >= 4 is 0 Å². The van der Waals surface area contributed by atoms with E-state index in [1.807, 2.05) is 54.7 Å². The summed E-state index contributed by atoms with van der Waals surface area (Å²) in [6.45, 7) is 0. The van der Waals surface area contributed by atoms with Crippen LogP contribution >= 0.6 is 0 Å². The Kier molecular flexibility index (Phi) is 18.2. The van der Waals surface area contributed by atoms with Crippen LogP contribution in [0.15, 0.2) is 91.1 Å². The Labute approximate surface area is 174 Å². The van der Waals surface area contributed by atoms with E-state index >= 15 is 0 Å². The number of rotatable bonds is 0. The second-order valence-electron chi connectivity index (χ2n) is 7.18. The van der Waals surface area contributed by atoms with E-state index in [0.717, 1.165) is 6.42 Å². The fourth-order valence-corrected chi connectivity index (χ4v) is 2.99. The van der Waals surface area contributed by atoms with Crippen molar-refractivity contribution in [1.29, 1.82) is 0 Å². The molecule has 0 N–H and O–H groups in total. The molecule has 0 heterocycles. The van der Waals surface area contributed by atoms with Gasteiger partial charge in [0.2, 0.25) is 0 Å². The Hall–Kier alpha value is -2.08. The monoisotopic (exact) mass is 375 g/mol. The van der Waals surface area contributed by atoms with E-state index < -0.39 is 0 Å². The van der Waals surface area contributed by atoms with E-state index in [0.29, 0.717) is 0 Å². The van der Waals surface area contributed by atoms with Crippen LogP contribution in [-0.4, -0.2) is 0 Å². The van der Waals surface area contributed by atoms with Crippen molar-refractivity contribution in [3.63, 3.8) is 0 Å². The Morgan fingerprint density at radius 2 is 0.750 bits per heavy atom. The highest BCUT2D eigenvalue weighted by Crippen LogP contribution is 2.12. The molecule has 0 saturated carbocycles. The van der Waals surface area contributed by atoms with Gasteiger partial charge in [-0.05, 0) is 31.8 Å². The zero-order chi connectivity index (χ0) is 19.8. The first-order valence-electron chi connectivity index (χ1n) is 11.2. The molecule has 0 aromatic heterocycles. The van der Waals surface area contributed by atoms with Crippen molar-refractivity contribution < 1.29 is 0 Å². The van der Waals surface area contributed by atoms with Gasteiger partial charge in [-0.3, -0.25) is 0 Å². The fraction of sp³-hybridized carbons (Fsp3) is 0.429. The minimum atomic E-state index is 1.08. The average molecular weight is 376 g/mol. The van der Waals surface area contributed by atoms with Gasteiger partial charge in [0.1, 0.15) is 0 Å². The third-order valence-corrected chi connectivity index (χ3v) is 4.63. The highest BCUT2D eigenvalue weighted by atomic mass is 14.0. The predicted molar refractivity (Wildman–Crippen MR) is 127 cm³/mol. The molecule has 0 nitrogen and oxygen atoms in total. The summed E-state index contributed by atoms with van der Waals surface area (Å²) in [5, 5.41) is 0. The first kappa shape index (κ1) is 24.0. The summed E-state index contributed by atoms with van der Waals surface area (Å²) in [7, 11) is 0. The third kappa shape index (κ3) is 18.7. The SMILES string of the molecule is [C]1=C\C=C/C=C\C=C/C=C\C=C/C=CC=CCCCCCCCCCCCC1. The smallest absolute Gasteiger partial charge is 0.0276 e. The zero-order valence-electron chi connectivity index (χ0n) is 17.6. The van der Waals surface area contributed by atoms with E-state index in [1.165, 1.54) is 70.6 Å². The molecule has 1 aliphatic carbocycles. The molecule has 0 bridgehead atoms. The van der Waals surface area contributed by atoms with Crippen LogP contribution in [0.4, 0.5) is 0 Å². The topological polar surface area (TPSA) is 0 Å². The van der Waals surface area contributed by atoms with Crippen molar-refractivity contribution in [2.45, 2.75) is 77.0 Å². The lowest BCUT2D eigenvalue weighted by molar-refractivity contribution is 0.553. The van der Waals surface area contributed by atoms with Gasteiger partial charge in [-0.15, -0.1) is 0 Å². The Balaban J connectivity index is 2.36. The Morgan fingerprint density at radius 1 is 0.357 bits per heavy atom. The largest absolute Gasteiger partial charge is 0.0845 e. The molecule has 28 heavy (non-hydrogen) atoms. The van der Waals surface area contributed by atoms with Crippen LogP contribution in [0.2, 0.25) is 0 Å². The highest BCUT2D eigenvalue weighted by Gasteiger charge is 1.92. The van der Waals surface area contributed by atoms with E-state index in [-0.39, 0.29) is 0 Å². The van der Waals surface area contributed by atoms with Gasteiger partial charge in [-0.1, -0.05) is 143 Å². The Bertz CT molecular complexity index is 509. The molecular formula is C28H39. The lowest BCUT2D eigenvalue weighted by Gasteiger charge is -2.01. The van der Waals surface area contributed by atoms with Crippen molar-refractivity contribution in [1.82, 2.24) is 0 Å². The average Bonchev–Trinajstić information content (AvgIpc) is 2.71. The van der Waals surface area contributed by atoms with Crippen molar-refractivity contribution in [2.75, 3.05) is 0 Å².